The van der Waals surface area contributed by atoms with Gasteiger partial charge in [-0.05, 0) is 29.6 Å². The molecule has 1 heterocycles. The summed E-state index contributed by atoms with van der Waals surface area (Å²) in [5.74, 6) is -0.716. The number of aromatic nitrogens is 1. The van der Waals surface area contributed by atoms with Gasteiger partial charge in [0.1, 0.15) is 10.4 Å². The summed E-state index contributed by atoms with van der Waals surface area (Å²) < 4.78 is 69.7. The molecule has 11 heavy (non-hydrogen) atoms. The van der Waals surface area contributed by atoms with Crippen LogP contribution in [0.25, 0.3) is 0 Å². The van der Waals surface area contributed by atoms with Gasteiger partial charge in [-0.3, -0.25) is 0 Å². The molecule has 1 rings (SSSR count). The SMILES string of the molecule is [2H]C([2H])([2H])Oc1c(C([2H])([2H])[2H])cnc(Br)c1C([2H])([2H])[2H]. The van der Waals surface area contributed by atoms with Gasteiger partial charge in [0, 0.05) is 25.5 Å². The number of hydrogen-bond donors (Lipinski definition) is 0. The summed E-state index contributed by atoms with van der Waals surface area (Å²) in [5, 5.41) is 0. The Morgan fingerprint density at radius 3 is 3.18 bits per heavy atom. The molecule has 3 heteroatoms. The van der Waals surface area contributed by atoms with Gasteiger partial charge >= 0.3 is 0 Å². The number of ether oxygens (including phenoxy) is 1. The summed E-state index contributed by atoms with van der Waals surface area (Å²) in [6.45, 7) is -5.54. The number of aryl methyl sites for hydroxylation is 1. The van der Waals surface area contributed by atoms with Crippen molar-refractivity contribution in [2.75, 3.05) is 7.04 Å². The lowest BCUT2D eigenvalue weighted by Crippen LogP contribution is -1.93. The fraction of sp³-hybridized carbons (Fsp3) is 0.375. The van der Waals surface area contributed by atoms with Gasteiger partial charge in [-0.2, -0.15) is 0 Å². The molecule has 2 nitrogen and oxygen atoms in total. The van der Waals surface area contributed by atoms with Crippen LogP contribution in [-0.2, 0) is 0 Å². The smallest absolute Gasteiger partial charge is 0.128 e. The number of methoxy groups -OCH3 is 1. The first kappa shape index (κ1) is 2.46. The molecule has 0 spiro atoms. The van der Waals surface area contributed by atoms with E-state index in [4.69, 9.17) is 12.3 Å². The fourth-order valence-electron chi connectivity index (χ4n) is 0.579. The van der Waals surface area contributed by atoms with Crippen LogP contribution in [0.2, 0.25) is 0 Å². The average Bonchev–Trinajstić information content (AvgIpc) is 2.09. The molecule has 0 fully saturated rings. The van der Waals surface area contributed by atoms with E-state index >= 15 is 0 Å². The molecule has 0 aliphatic carbocycles. The minimum absolute atomic E-state index is 0.190. The molecule has 0 bridgehead atoms. The van der Waals surface area contributed by atoms with Gasteiger partial charge in [0.2, 0.25) is 0 Å². The normalized spacial score (nSPS) is 25.4. The van der Waals surface area contributed by atoms with Crippen molar-refractivity contribution >= 4 is 15.9 Å². The van der Waals surface area contributed by atoms with Crippen molar-refractivity contribution in [2.45, 2.75) is 13.7 Å². The summed E-state index contributed by atoms with van der Waals surface area (Å²) in [4.78, 5) is 3.64. The molecule has 0 aromatic carbocycles. The second kappa shape index (κ2) is 3.22. The van der Waals surface area contributed by atoms with Gasteiger partial charge in [-0.15, -0.1) is 0 Å². The van der Waals surface area contributed by atoms with E-state index in [1.807, 2.05) is 0 Å². The zero-order chi connectivity index (χ0) is 15.9. The van der Waals surface area contributed by atoms with E-state index in [2.05, 4.69) is 25.7 Å². The highest BCUT2D eigenvalue weighted by Crippen LogP contribution is 2.26. The minimum atomic E-state index is -2.99. The van der Waals surface area contributed by atoms with Crippen molar-refractivity contribution in [3.8, 4) is 5.75 Å². The van der Waals surface area contributed by atoms with Crippen LogP contribution in [0.1, 0.15) is 23.5 Å². The van der Waals surface area contributed by atoms with E-state index in [0.29, 0.717) is 0 Å². The summed E-state index contributed by atoms with van der Waals surface area (Å²) in [5.41, 5.74) is -1.15. The van der Waals surface area contributed by atoms with E-state index in [-0.39, 0.29) is 4.60 Å². The van der Waals surface area contributed by atoms with Gasteiger partial charge in [-0.1, -0.05) is 0 Å². The molecule has 0 N–H and O–H groups in total. The number of halogens is 1. The van der Waals surface area contributed by atoms with Crippen molar-refractivity contribution in [1.82, 2.24) is 4.98 Å². The zero-order valence-corrected chi connectivity index (χ0v) is 6.90. The maximum Gasteiger partial charge on any atom is 0.128 e. The predicted molar refractivity (Wildman–Crippen MR) is 48.0 cm³/mol. The first-order valence-corrected chi connectivity index (χ1v) is 3.41. The molecule has 1 aromatic rings. The molecule has 0 radical (unpaired) electrons. The van der Waals surface area contributed by atoms with Gasteiger partial charge in [0.05, 0.1) is 11.2 Å². The number of nitrogens with zero attached hydrogens (tertiary/aromatic N) is 1. The van der Waals surface area contributed by atoms with E-state index < -0.39 is 37.6 Å². The largest absolute Gasteiger partial charge is 0.496 e. The number of rotatable bonds is 1. The molecule has 1 aromatic heterocycles. The molecule has 0 atom stereocenters. The van der Waals surface area contributed by atoms with Crippen molar-refractivity contribution in [2.24, 2.45) is 0 Å². The lowest BCUT2D eigenvalue weighted by atomic mass is 10.2. The van der Waals surface area contributed by atoms with Crippen molar-refractivity contribution < 1.29 is 17.1 Å². The van der Waals surface area contributed by atoms with Crippen molar-refractivity contribution in [3.05, 3.63) is 21.9 Å². The van der Waals surface area contributed by atoms with Crippen LogP contribution in [0.15, 0.2) is 10.8 Å². The average molecular weight is 225 g/mol. The molecule has 0 aliphatic heterocycles. The maximum atomic E-state index is 7.38. The molecule has 60 valence electrons. The van der Waals surface area contributed by atoms with E-state index in [0.717, 1.165) is 6.20 Å². The monoisotopic (exact) mass is 224 g/mol. The van der Waals surface area contributed by atoms with E-state index in [1.54, 1.807) is 0 Å². The second-order valence-corrected chi connectivity index (χ2v) is 2.52. The molecule has 0 saturated heterocycles. The van der Waals surface area contributed by atoms with Crippen LogP contribution in [-0.4, -0.2) is 12.0 Å². The van der Waals surface area contributed by atoms with Gasteiger partial charge in [-0.25, -0.2) is 4.98 Å². The Balaban J connectivity index is 3.65. The quantitative estimate of drug-likeness (QED) is 0.685. The predicted octanol–water partition coefficient (Wildman–Crippen LogP) is 2.47. The van der Waals surface area contributed by atoms with Gasteiger partial charge < -0.3 is 4.74 Å². The zero-order valence-electron chi connectivity index (χ0n) is 14.3. The van der Waals surface area contributed by atoms with Gasteiger partial charge in [0.25, 0.3) is 0 Å². The topological polar surface area (TPSA) is 22.1 Å². The van der Waals surface area contributed by atoms with Crippen LogP contribution in [0.4, 0.5) is 0 Å². The van der Waals surface area contributed by atoms with Crippen LogP contribution < -0.4 is 4.74 Å². The molecular weight excluding hydrogens is 206 g/mol. The third-order valence-corrected chi connectivity index (χ3v) is 1.69. The molecule has 0 saturated carbocycles. The van der Waals surface area contributed by atoms with Crippen molar-refractivity contribution in [3.63, 3.8) is 0 Å². The first-order valence-electron chi connectivity index (χ1n) is 7.12. The molecule has 0 unspecified atom stereocenters. The highest BCUT2D eigenvalue weighted by molar-refractivity contribution is 9.10. The maximum absolute atomic E-state index is 7.38. The van der Waals surface area contributed by atoms with Crippen LogP contribution in [0, 0.1) is 13.7 Å². The standard InChI is InChI=1S/C8H10BrNO/c1-5-4-10-8(9)6(2)7(5)11-3/h4H,1-3H3/i1D3,2D3,3D3. The third kappa shape index (κ3) is 1.53. The fourth-order valence-corrected chi connectivity index (χ4v) is 0.861. The second-order valence-electron chi connectivity index (χ2n) is 1.77. The van der Waals surface area contributed by atoms with E-state index in [1.165, 1.54) is 0 Å². The minimum Gasteiger partial charge on any atom is -0.496 e. The van der Waals surface area contributed by atoms with Crippen LogP contribution in [0.3, 0.4) is 0 Å². The lowest BCUT2D eigenvalue weighted by Gasteiger charge is -2.07. The highest BCUT2D eigenvalue weighted by Gasteiger charge is 2.05. The number of pyridine rings is 1. The van der Waals surface area contributed by atoms with Gasteiger partial charge in [0.15, 0.2) is 0 Å². The Morgan fingerprint density at radius 2 is 2.55 bits per heavy atom. The molecular formula is C8H10BrNO. The Kier molecular flexibility index (Phi) is 0.719. The van der Waals surface area contributed by atoms with Crippen molar-refractivity contribution in [1.29, 1.82) is 0 Å². The third-order valence-electron chi connectivity index (χ3n) is 1.09. The summed E-state index contributed by atoms with van der Waals surface area (Å²) in [6.07, 6.45) is 0.868. The Morgan fingerprint density at radius 1 is 1.64 bits per heavy atom. The van der Waals surface area contributed by atoms with Crippen LogP contribution >= 0.6 is 15.9 Å². The van der Waals surface area contributed by atoms with E-state index in [9.17, 15) is 0 Å². The van der Waals surface area contributed by atoms with Crippen LogP contribution in [0.5, 0.6) is 5.75 Å². The highest BCUT2D eigenvalue weighted by atomic mass is 79.9. The Hall–Kier alpha value is -0.570. The lowest BCUT2D eigenvalue weighted by molar-refractivity contribution is 0.407. The molecule has 0 amide bonds. The first-order chi connectivity index (χ1) is 8.73. The Labute approximate surface area is 87.4 Å². The number of hydrogen-bond acceptors (Lipinski definition) is 2. The molecule has 0 aliphatic rings. The summed E-state index contributed by atoms with van der Waals surface area (Å²) >= 11 is 2.87. The summed E-state index contributed by atoms with van der Waals surface area (Å²) in [6, 6.07) is 0. The Bertz CT molecular complexity index is 504. The summed E-state index contributed by atoms with van der Waals surface area (Å²) in [7, 11) is -2.99.